The zero-order valence-corrected chi connectivity index (χ0v) is 16.6. The SMILES string of the molecule is COc1ccc2[nH]cc(C3CCN(C(=O)c4cc(Br)ccc4F)CC3)c2c1. The molecule has 1 aromatic heterocycles. The minimum Gasteiger partial charge on any atom is -0.497 e. The predicted molar refractivity (Wildman–Crippen MR) is 107 cm³/mol. The van der Waals surface area contributed by atoms with Crippen molar-refractivity contribution in [2.24, 2.45) is 0 Å². The van der Waals surface area contributed by atoms with Crippen molar-refractivity contribution in [2.45, 2.75) is 18.8 Å². The average molecular weight is 431 g/mol. The smallest absolute Gasteiger partial charge is 0.256 e. The number of H-pyrrole nitrogens is 1. The van der Waals surface area contributed by atoms with Crippen LogP contribution in [-0.2, 0) is 0 Å². The molecular formula is C21H20BrFN2O2. The molecule has 0 spiro atoms. The summed E-state index contributed by atoms with van der Waals surface area (Å²) >= 11 is 3.31. The van der Waals surface area contributed by atoms with Crippen LogP contribution in [0.2, 0.25) is 0 Å². The van der Waals surface area contributed by atoms with Gasteiger partial charge in [0.05, 0.1) is 12.7 Å². The van der Waals surface area contributed by atoms with E-state index in [2.05, 4.69) is 33.2 Å². The summed E-state index contributed by atoms with van der Waals surface area (Å²) in [5, 5.41) is 1.16. The number of methoxy groups -OCH3 is 1. The third-order valence-electron chi connectivity index (χ3n) is 5.30. The summed E-state index contributed by atoms with van der Waals surface area (Å²) in [6.07, 6.45) is 3.76. The number of likely N-dealkylation sites (tertiary alicyclic amines) is 1. The number of rotatable bonds is 3. The molecule has 0 saturated carbocycles. The van der Waals surface area contributed by atoms with E-state index in [1.807, 2.05) is 12.1 Å². The van der Waals surface area contributed by atoms with Crippen LogP contribution < -0.4 is 4.74 Å². The van der Waals surface area contributed by atoms with Crippen LogP contribution in [0.25, 0.3) is 10.9 Å². The summed E-state index contributed by atoms with van der Waals surface area (Å²) in [5.41, 5.74) is 2.46. The van der Waals surface area contributed by atoms with Gasteiger partial charge in [-0.2, -0.15) is 0 Å². The topological polar surface area (TPSA) is 45.3 Å². The summed E-state index contributed by atoms with van der Waals surface area (Å²) in [7, 11) is 1.67. The molecule has 0 aliphatic carbocycles. The Kier molecular flexibility index (Phi) is 4.91. The standard InChI is InChI=1S/C21H20BrFN2O2/c1-27-15-3-5-20-16(11-15)18(12-24-20)13-6-8-25(9-7-13)21(26)17-10-14(22)2-4-19(17)23/h2-5,10-13,24H,6-9H2,1H3. The number of piperidine rings is 1. The number of hydrogen-bond donors (Lipinski definition) is 1. The van der Waals surface area contributed by atoms with Crippen LogP contribution in [0.4, 0.5) is 4.39 Å². The summed E-state index contributed by atoms with van der Waals surface area (Å²) < 4.78 is 20.1. The van der Waals surface area contributed by atoms with Gasteiger partial charge in [-0.1, -0.05) is 15.9 Å². The number of fused-ring (bicyclic) bond motifs is 1. The lowest BCUT2D eigenvalue weighted by Gasteiger charge is -2.32. The molecule has 0 radical (unpaired) electrons. The molecule has 1 N–H and O–H groups in total. The highest BCUT2D eigenvalue weighted by Crippen LogP contribution is 2.35. The molecule has 1 aliphatic heterocycles. The molecule has 4 nitrogen and oxygen atoms in total. The fourth-order valence-electron chi connectivity index (χ4n) is 3.81. The fraction of sp³-hybridized carbons (Fsp3) is 0.286. The number of halogens is 2. The molecule has 2 aromatic carbocycles. The van der Waals surface area contributed by atoms with Gasteiger partial charge in [0.15, 0.2) is 0 Å². The number of aromatic nitrogens is 1. The summed E-state index contributed by atoms with van der Waals surface area (Å²) in [6.45, 7) is 1.23. The molecule has 140 valence electrons. The van der Waals surface area contributed by atoms with Crippen LogP contribution in [0.3, 0.4) is 0 Å². The summed E-state index contributed by atoms with van der Waals surface area (Å²) in [5.74, 6) is 0.477. The molecular weight excluding hydrogens is 411 g/mol. The number of benzene rings is 2. The number of ether oxygens (including phenoxy) is 1. The van der Waals surface area contributed by atoms with Crippen LogP contribution >= 0.6 is 15.9 Å². The molecule has 1 aliphatic rings. The minimum absolute atomic E-state index is 0.125. The Morgan fingerprint density at radius 1 is 1.22 bits per heavy atom. The number of aromatic amines is 1. The van der Waals surface area contributed by atoms with Gasteiger partial charge in [-0.05, 0) is 60.7 Å². The van der Waals surface area contributed by atoms with Crippen molar-refractivity contribution in [2.75, 3.05) is 20.2 Å². The third-order valence-corrected chi connectivity index (χ3v) is 5.79. The zero-order valence-electron chi connectivity index (χ0n) is 15.0. The summed E-state index contributed by atoms with van der Waals surface area (Å²) in [6, 6.07) is 10.5. The van der Waals surface area contributed by atoms with E-state index < -0.39 is 5.82 Å². The molecule has 0 bridgehead atoms. The van der Waals surface area contributed by atoms with Gasteiger partial charge in [0.1, 0.15) is 11.6 Å². The van der Waals surface area contributed by atoms with Gasteiger partial charge in [-0.3, -0.25) is 4.79 Å². The maximum Gasteiger partial charge on any atom is 0.256 e. The molecule has 0 atom stereocenters. The molecule has 27 heavy (non-hydrogen) atoms. The third kappa shape index (κ3) is 3.46. The first kappa shape index (κ1) is 18.0. The van der Waals surface area contributed by atoms with E-state index in [1.165, 1.54) is 11.6 Å². The highest BCUT2D eigenvalue weighted by molar-refractivity contribution is 9.10. The first-order valence-electron chi connectivity index (χ1n) is 8.96. The van der Waals surface area contributed by atoms with Crippen LogP contribution in [0, 0.1) is 5.82 Å². The number of hydrogen-bond acceptors (Lipinski definition) is 2. The Hall–Kier alpha value is -2.34. The Bertz CT molecular complexity index is 993. The number of nitrogens with zero attached hydrogens (tertiary/aromatic N) is 1. The molecule has 2 heterocycles. The van der Waals surface area contributed by atoms with Crippen LogP contribution in [0.5, 0.6) is 5.75 Å². The van der Waals surface area contributed by atoms with Gasteiger partial charge in [-0.15, -0.1) is 0 Å². The Balaban J connectivity index is 1.51. The van der Waals surface area contributed by atoms with Crippen LogP contribution in [-0.4, -0.2) is 36.0 Å². The Labute approximate surface area is 165 Å². The second kappa shape index (κ2) is 7.35. The van der Waals surface area contributed by atoms with E-state index in [0.717, 1.165) is 29.5 Å². The molecule has 1 fully saturated rings. The Morgan fingerprint density at radius 3 is 2.74 bits per heavy atom. The van der Waals surface area contributed by atoms with Crippen molar-refractivity contribution in [1.82, 2.24) is 9.88 Å². The number of carbonyl (C=O) groups excluding carboxylic acids is 1. The van der Waals surface area contributed by atoms with Crippen molar-refractivity contribution < 1.29 is 13.9 Å². The Morgan fingerprint density at radius 2 is 2.00 bits per heavy atom. The highest BCUT2D eigenvalue weighted by atomic mass is 79.9. The van der Waals surface area contributed by atoms with Crippen molar-refractivity contribution in [3.63, 3.8) is 0 Å². The van der Waals surface area contributed by atoms with Gasteiger partial charge in [0, 0.05) is 34.7 Å². The number of nitrogens with one attached hydrogen (secondary N) is 1. The first-order valence-corrected chi connectivity index (χ1v) is 9.75. The fourth-order valence-corrected chi connectivity index (χ4v) is 4.17. The minimum atomic E-state index is -0.478. The van der Waals surface area contributed by atoms with Crippen molar-refractivity contribution in [1.29, 1.82) is 0 Å². The predicted octanol–water partition coefficient (Wildman–Crippen LogP) is 5.10. The van der Waals surface area contributed by atoms with Crippen molar-refractivity contribution in [3.05, 3.63) is 64.0 Å². The van der Waals surface area contributed by atoms with Crippen LogP contribution in [0.15, 0.2) is 47.1 Å². The molecule has 4 rings (SSSR count). The number of carbonyl (C=O) groups is 1. The lowest BCUT2D eigenvalue weighted by molar-refractivity contribution is 0.0708. The monoisotopic (exact) mass is 430 g/mol. The zero-order chi connectivity index (χ0) is 19.0. The maximum absolute atomic E-state index is 14.0. The lowest BCUT2D eigenvalue weighted by Crippen LogP contribution is -2.38. The van der Waals surface area contributed by atoms with Gasteiger partial charge in [-0.25, -0.2) is 4.39 Å². The molecule has 1 saturated heterocycles. The summed E-state index contributed by atoms with van der Waals surface area (Å²) in [4.78, 5) is 17.8. The molecule has 0 unspecified atom stereocenters. The van der Waals surface area contributed by atoms with Crippen molar-refractivity contribution in [3.8, 4) is 5.75 Å². The van der Waals surface area contributed by atoms with E-state index in [9.17, 15) is 9.18 Å². The van der Waals surface area contributed by atoms with Crippen LogP contribution in [0.1, 0.15) is 34.7 Å². The van der Waals surface area contributed by atoms with E-state index in [0.29, 0.717) is 23.5 Å². The highest BCUT2D eigenvalue weighted by Gasteiger charge is 2.27. The van der Waals surface area contributed by atoms with Gasteiger partial charge in [0.2, 0.25) is 0 Å². The van der Waals surface area contributed by atoms with E-state index in [1.54, 1.807) is 24.1 Å². The molecule has 6 heteroatoms. The van der Waals surface area contributed by atoms with E-state index in [-0.39, 0.29) is 11.5 Å². The van der Waals surface area contributed by atoms with Gasteiger partial charge >= 0.3 is 0 Å². The van der Waals surface area contributed by atoms with Gasteiger partial charge in [0.25, 0.3) is 5.91 Å². The van der Waals surface area contributed by atoms with Gasteiger partial charge < -0.3 is 14.6 Å². The van der Waals surface area contributed by atoms with E-state index in [4.69, 9.17) is 4.74 Å². The normalized spacial score (nSPS) is 15.3. The maximum atomic E-state index is 14.0. The second-order valence-corrected chi connectivity index (χ2v) is 7.76. The quantitative estimate of drug-likeness (QED) is 0.628. The molecule has 3 aromatic rings. The first-order chi connectivity index (χ1) is 13.1. The average Bonchev–Trinajstić information content (AvgIpc) is 3.12. The second-order valence-electron chi connectivity index (χ2n) is 6.85. The van der Waals surface area contributed by atoms with Crippen molar-refractivity contribution >= 4 is 32.7 Å². The molecule has 1 amide bonds. The van der Waals surface area contributed by atoms with E-state index >= 15 is 0 Å². The number of amides is 1. The largest absolute Gasteiger partial charge is 0.497 e. The lowest BCUT2D eigenvalue weighted by atomic mass is 9.89.